The number of amides is 1. The van der Waals surface area contributed by atoms with Gasteiger partial charge in [0.2, 0.25) is 5.91 Å². The molecular formula is C16H18FNO3. The number of hydrogen-bond acceptors (Lipinski definition) is 2. The minimum absolute atomic E-state index is 0.332. The summed E-state index contributed by atoms with van der Waals surface area (Å²) in [5.74, 6) is -2.10. The number of carboxylic acid groups (broad SMARTS) is 1. The van der Waals surface area contributed by atoms with E-state index in [1.165, 1.54) is 24.3 Å². The number of nitrogens with one attached hydrogen (secondary N) is 1. The van der Waals surface area contributed by atoms with Gasteiger partial charge >= 0.3 is 5.97 Å². The number of carbonyl (C=O) groups excluding carboxylic acids is 1. The molecule has 1 aliphatic carbocycles. The molecule has 0 bridgehead atoms. The van der Waals surface area contributed by atoms with Crippen molar-refractivity contribution < 1.29 is 19.1 Å². The van der Waals surface area contributed by atoms with Crippen molar-refractivity contribution in [3.05, 3.63) is 41.7 Å². The Hall–Kier alpha value is -2.17. The summed E-state index contributed by atoms with van der Waals surface area (Å²) in [6.07, 6.45) is 5.88. The molecule has 1 saturated carbocycles. The van der Waals surface area contributed by atoms with Gasteiger partial charge in [-0.15, -0.1) is 0 Å². The van der Waals surface area contributed by atoms with Gasteiger partial charge in [-0.1, -0.05) is 25.0 Å². The zero-order chi connectivity index (χ0) is 15.2. The molecule has 1 amide bonds. The standard InChI is InChI=1S/C16H18FNO3/c17-12-5-3-4-11(10-12)8-9-15(19)18-14-7-2-1-6-13(14)16(20)21/h3-5,8-10,13-14H,1-2,6-7H2,(H,18,19)(H,20,21). The Morgan fingerprint density at radius 3 is 2.76 bits per heavy atom. The Kier molecular flexibility index (Phi) is 5.09. The quantitative estimate of drug-likeness (QED) is 0.838. The van der Waals surface area contributed by atoms with Crippen molar-refractivity contribution >= 4 is 18.0 Å². The molecule has 5 heteroatoms. The van der Waals surface area contributed by atoms with E-state index in [2.05, 4.69) is 5.32 Å². The summed E-state index contributed by atoms with van der Waals surface area (Å²) in [5, 5.41) is 11.9. The molecule has 0 aromatic heterocycles. The van der Waals surface area contributed by atoms with Crippen LogP contribution in [0.1, 0.15) is 31.2 Å². The van der Waals surface area contributed by atoms with E-state index in [-0.39, 0.29) is 17.8 Å². The molecule has 1 aromatic carbocycles. The minimum Gasteiger partial charge on any atom is -0.481 e. The third-order valence-electron chi connectivity index (χ3n) is 3.69. The van der Waals surface area contributed by atoms with Gasteiger partial charge in [-0.2, -0.15) is 0 Å². The molecule has 1 fully saturated rings. The van der Waals surface area contributed by atoms with Crippen LogP contribution in [0, 0.1) is 11.7 Å². The van der Waals surface area contributed by atoms with Crippen LogP contribution in [-0.4, -0.2) is 23.0 Å². The summed E-state index contributed by atoms with van der Waals surface area (Å²) in [6.45, 7) is 0. The first-order valence-corrected chi connectivity index (χ1v) is 7.03. The molecule has 0 saturated heterocycles. The second kappa shape index (κ2) is 7.02. The lowest BCUT2D eigenvalue weighted by Gasteiger charge is -2.28. The maximum atomic E-state index is 13.0. The molecule has 0 heterocycles. The average Bonchev–Trinajstić information content (AvgIpc) is 2.45. The van der Waals surface area contributed by atoms with Crippen molar-refractivity contribution in [2.75, 3.05) is 0 Å². The Labute approximate surface area is 122 Å². The summed E-state index contributed by atoms with van der Waals surface area (Å²) in [7, 11) is 0. The second-order valence-electron chi connectivity index (χ2n) is 5.23. The number of hydrogen-bond donors (Lipinski definition) is 2. The molecule has 2 N–H and O–H groups in total. The SMILES string of the molecule is O=C(C=Cc1cccc(F)c1)NC1CCCCC1C(=O)O. The van der Waals surface area contributed by atoms with E-state index in [4.69, 9.17) is 5.11 Å². The Balaban J connectivity index is 1.95. The van der Waals surface area contributed by atoms with Gasteiger partial charge in [-0.05, 0) is 36.6 Å². The van der Waals surface area contributed by atoms with Gasteiger partial charge in [-0.25, -0.2) is 4.39 Å². The van der Waals surface area contributed by atoms with Crippen LogP contribution in [0.5, 0.6) is 0 Å². The predicted octanol–water partition coefficient (Wildman–Crippen LogP) is 2.60. The fourth-order valence-corrected chi connectivity index (χ4v) is 2.61. The molecule has 112 valence electrons. The van der Waals surface area contributed by atoms with Gasteiger partial charge in [0.15, 0.2) is 0 Å². The molecule has 0 radical (unpaired) electrons. The first-order chi connectivity index (χ1) is 10.1. The fraction of sp³-hybridized carbons (Fsp3) is 0.375. The molecule has 0 aliphatic heterocycles. The summed E-state index contributed by atoms with van der Waals surface area (Å²) in [4.78, 5) is 23.0. The van der Waals surface area contributed by atoms with Gasteiger partial charge < -0.3 is 10.4 Å². The molecule has 4 nitrogen and oxygen atoms in total. The molecule has 1 aliphatic rings. The van der Waals surface area contributed by atoms with Gasteiger partial charge in [-0.3, -0.25) is 9.59 Å². The van der Waals surface area contributed by atoms with Crippen molar-refractivity contribution in [2.24, 2.45) is 5.92 Å². The van der Waals surface area contributed by atoms with Crippen LogP contribution in [-0.2, 0) is 9.59 Å². The molecule has 21 heavy (non-hydrogen) atoms. The van der Waals surface area contributed by atoms with Gasteiger partial charge in [0, 0.05) is 12.1 Å². The molecule has 0 spiro atoms. The van der Waals surface area contributed by atoms with Crippen molar-refractivity contribution in [1.82, 2.24) is 5.32 Å². The molecule has 2 rings (SSSR count). The van der Waals surface area contributed by atoms with E-state index in [1.54, 1.807) is 12.1 Å². The highest BCUT2D eigenvalue weighted by Crippen LogP contribution is 2.24. The van der Waals surface area contributed by atoms with Crippen molar-refractivity contribution in [3.63, 3.8) is 0 Å². The van der Waals surface area contributed by atoms with Crippen LogP contribution in [0.2, 0.25) is 0 Å². The van der Waals surface area contributed by atoms with Crippen LogP contribution >= 0.6 is 0 Å². The minimum atomic E-state index is -0.867. The van der Waals surface area contributed by atoms with Gasteiger partial charge in [0.1, 0.15) is 5.82 Å². The van der Waals surface area contributed by atoms with Crippen molar-refractivity contribution in [2.45, 2.75) is 31.7 Å². The number of benzene rings is 1. The summed E-state index contributed by atoms with van der Waals surface area (Å²) >= 11 is 0. The van der Waals surface area contributed by atoms with E-state index >= 15 is 0 Å². The lowest BCUT2D eigenvalue weighted by atomic mass is 9.84. The third kappa shape index (κ3) is 4.41. The number of carbonyl (C=O) groups is 2. The highest BCUT2D eigenvalue weighted by molar-refractivity contribution is 5.92. The maximum absolute atomic E-state index is 13.0. The van der Waals surface area contributed by atoms with E-state index in [0.717, 1.165) is 12.8 Å². The third-order valence-corrected chi connectivity index (χ3v) is 3.69. The molecule has 2 atom stereocenters. The van der Waals surface area contributed by atoms with Gasteiger partial charge in [0.25, 0.3) is 0 Å². The highest BCUT2D eigenvalue weighted by atomic mass is 19.1. The average molecular weight is 291 g/mol. The topological polar surface area (TPSA) is 66.4 Å². The number of carboxylic acids is 1. The Bertz CT molecular complexity index is 556. The van der Waals surface area contributed by atoms with Crippen molar-refractivity contribution in [3.8, 4) is 0 Å². The number of halogens is 1. The van der Waals surface area contributed by atoms with Crippen LogP contribution in [0.15, 0.2) is 30.3 Å². The first kappa shape index (κ1) is 15.2. The van der Waals surface area contributed by atoms with E-state index in [0.29, 0.717) is 18.4 Å². The maximum Gasteiger partial charge on any atom is 0.308 e. The molecule has 1 aromatic rings. The zero-order valence-corrected chi connectivity index (χ0v) is 11.6. The highest BCUT2D eigenvalue weighted by Gasteiger charge is 2.31. The summed E-state index contributed by atoms with van der Waals surface area (Å²) < 4.78 is 13.0. The largest absolute Gasteiger partial charge is 0.481 e. The van der Waals surface area contributed by atoms with E-state index < -0.39 is 11.9 Å². The van der Waals surface area contributed by atoms with Crippen molar-refractivity contribution in [1.29, 1.82) is 0 Å². The van der Waals surface area contributed by atoms with Crippen LogP contribution < -0.4 is 5.32 Å². The number of aliphatic carboxylic acids is 1. The van der Waals surface area contributed by atoms with E-state index in [9.17, 15) is 14.0 Å². The normalized spacial score (nSPS) is 22.1. The Morgan fingerprint density at radius 1 is 1.29 bits per heavy atom. The van der Waals surface area contributed by atoms with Crippen LogP contribution in [0.3, 0.4) is 0 Å². The summed E-state index contributed by atoms with van der Waals surface area (Å²) in [5.41, 5.74) is 0.587. The predicted molar refractivity (Wildman–Crippen MR) is 77.0 cm³/mol. The molecular weight excluding hydrogens is 273 g/mol. The molecule has 2 unspecified atom stereocenters. The van der Waals surface area contributed by atoms with E-state index in [1.807, 2.05) is 0 Å². The second-order valence-corrected chi connectivity index (χ2v) is 5.23. The lowest BCUT2D eigenvalue weighted by Crippen LogP contribution is -2.44. The van der Waals surface area contributed by atoms with Crippen LogP contribution in [0.4, 0.5) is 4.39 Å². The smallest absolute Gasteiger partial charge is 0.308 e. The first-order valence-electron chi connectivity index (χ1n) is 7.03. The Morgan fingerprint density at radius 2 is 2.05 bits per heavy atom. The van der Waals surface area contributed by atoms with Gasteiger partial charge in [0.05, 0.1) is 5.92 Å². The zero-order valence-electron chi connectivity index (χ0n) is 11.6. The van der Waals surface area contributed by atoms with Crippen LogP contribution in [0.25, 0.3) is 6.08 Å². The lowest BCUT2D eigenvalue weighted by molar-refractivity contribution is -0.144. The fourth-order valence-electron chi connectivity index (χ4n) is 2.61. The number of rotatable bonds is 4. The summed E-state index contributed by atoms with van der Waals surface area (Å²) in [6, 6.07) is 5.57. The monoisotopic (exact) mass is 291 g/mol.